The molecule has 0 fully saturated rings. The monoisotopic (exact) mass is 270 g/mol. The third-order valence-electron chi connectivity index (χ3n) is 1.81. The molecule has 0 radical (unpaired) electrons. The molecule has 0 N–H and O–H groups in total. The molecule has 0 aliphatic heterocycles. The molecule has 0 unspecified atom stereocenters. The fourth-order valence-corrected chi connectivity index (χ4v) is 1.00. The highest BCUT2D eigenvalue weighted by atomic mass is 16.6. The van der Waals surface area contributed by atoms with Gasteiger partial charge in [0.1, 0.15) is 6.61 Å². The van der Waals surface area contributed by atoms with Crippen LogP contribution in [0.25, 0.3) is 0 Å². The highest BCUT2D eigenvalue weighted by molar-refractivity contribution is 6.17. The normalized spacial score (nSPS) is 9.84. The summed E-state index contributed by atoms with van der Waals surface area (Å²) in [5.41, 5.74) is -0.478. The van der Waals surface area contributed by atoms with E-state index in [0.717, 1.165) is 6.08 Å². The van der Waals surface area contributed by atoms with Gasteiger partial charge in [-0.2, -0.15) is 0 Å². The van der Waals surface area contributed by atoms with E-state index >= 15 is 0 Å². The molecule has 0 aliphatic rings. The summed E-state index contributed by atoms with van der Waals surface area (Å²) in [6, 6.07) is 0. The van der Waals surface area contributed by atoms with Gasteiger partial charge in [-0.25, -0.2) is 14.4 Å². The fourth-order valence-electron chi connectivity index (χ4n) is 1.00. The van der Waals surface area contributed by atoms with Gasteiger partial charge in [-0.1, -0.05) is 12.2 Å². The Hall–Kier alpha value is -2.11. The molecule has 0 heterocycles. The molecule has 6 nitrogen and oxygen atoms in total. The smallest absolute Gasteiger partial charge is 0.345 e. The van der Waals surface area contributed by atoms with Gasteiger partial charge in [-0.15, -0.1) is 0 Å². The number of carbonyl (C=O) groups is 3. The molecule has 6 heteroatoms. The van der Waals surface area contributed by atoms with Crippen LogP contribution in [0.15, 0.2) is 23.8 Å². The summed E-state index contributed by atoms with van der Waals surface area (Å²) in [6.07, 6.45) is 4.09. The highest BCUT2D eigenvalue weighted by Crippen LogP contribution is 2.03. The maximum absolute atomic E-state index is 11.5. The van der Waals surface area contributed by atoms with Crippen molar-refractivity contribution in [2.75, 3.05) is 19.8 Å². The first kappa shape index (κ1) is 16.9. The van der Waals surface area contributed by atoms with Crippen molar-refractivity contribution in [1.82, 2.24) is 0 Å². The van der Waals surface area contributed by atoms with Crippen LogP contribution in [0.5, 0.6) is 0 Å². The van der Waals surface area contributed by atoms with Crippen molar-refractivity contribution in [1.29, 1.82) is 0 Å². The van der Waals surface area contributed by atoms with E-state index in [1.165, 1.54) is 0 Å². The van der Waals surface area contributed by atoms with Crippen LogP contribution >= 0.6 is 0 Å². The van der Waals surface area contributed by atoms with Crippen molar-refractivity contribution < 1.29 is 28.6 Å². The summed E-state index contributed by atoms with van der Waals surface area (Å²) >= 11 is 0. The largest absolute Gasteiger partial charge is 0.462 e. The van der Waals surface area contributed by atoms with Crippen molar-refractivity contribution in [3.05, 3.63) is 23.8 Å². The Labute approximate surface area is 112 Å². The number of allylic oxidation sites excluding steroid dienone is 1. The third-order valence-corrected chi connectivity index (χ3v) is 1.81. The lowest BCUT2D eigenvalue weighted by Crippen LogP contribution is -2.20. The molecule has 0 aromatic rings. The number of ether oxygens (including phenoxy) is 3. The first-order valence-corrected chi connectivity index (χ1v) is 5.90. The van der Waals surface area contributed by atoms with Crippen LogP contribution in [0.2, 0.25) is 0 Å². The van der Waals surface area contributed by atoms with Crippen molar-refractivity contribution in [2.24, 2.45) is 0 Å². The van der Waals surface area contributed by atoms with Crippen molar-refractivity contribution in [3.8, 4) is 0 Å². The van der Waals surface area contributed by atoms with Crippen LogP contribution in [0.1, 0.15) is 20.8 Å². The van der Waals surface area contributed by atoms with E-state index < -0.39 is 23.5 Å². The van der Waals surface area contributed by atoms with E-state index in [0.29, 0.717) is 0 Å². The maximum atomic E-state index is 11.5. The van der Waals surface area contributed by atoms with Crippen LogP contribution in [0.3, 0.4) is 0 Å². The van der Waals surface area contributed by atoms with E-state index in [4.69, 9.17) is 4.74 Å². The lowest BCUT2D eigenvalue weighted by Gasteiger charge is -2.06. The molecule has 0 saturated heterocycles. The Kier molecular flexibility index (Phi) is 8.78. The topological polar surface area (TPSA) is 78.9 Å². The first-order valence-electron chi connectivity index (χ1n) is 5.90. The highest BCUT2D eigenvalue weighted by Gasteiger charge is 2.22. The Morgan fingerprint density at radius 3 is 1.89 bits per heavy atom. The molecule has 0 saturated carbocycles. The van der Waals surface area contributed by atoms with Gasteiger partial charge in [0.2, 0.25) is 0 Å². The molecule has 106 valence electrons. The number of hydrogen-bond acceptors (Lipinski definition) is 6. The van der Waals surface area contributed by atoms with E-state index in [1.54, 1.807) is 32.9 Å². The second kappa shape index (κ2) is 9.87. The first-order chi connectivity index (χ1) is 9.06. The van der Waals surface area contributed by atoms with E-state index in [2.05, 4.69) is 9.47 Å². The predicted molar refractivity (Wildman–Crippen MR) is 67.1 cm³/mol. The van der Waals surface area contributed by atoms with Crippen molar-refractivity contribution in [3.63, 3.8) is 0 Å². The average molecular weight is 270 g/mol. The zero-order valence-corrected chi connectivity index (χ0v) is 11.3. The molecule has 0 aliphatic carbocycles. The summed E-state index contributed by atoms with van der Waals surface area (Å²) in [7, 11) is 0. The molecule has 0 bridgehead atoms. The number of hydrogen-bond donors (Lipinski definition) is 0. The zero-order chi connectivity index (χ0) is 14.7. The number of esters is 3. The summed E-state index contributed by atoms with van der Waals surface area (Å²) in [4.78, 5) is 34.4. The second-order valence-electron chi connectivity index (χ2n) is 3.20. The molecule has 0 spiro atoms. The van der Waals surface area contributed by atoms with Crippen LogP contribution in [0.4, 0.5) is 0 Å². The SMILES string of the molecule is C/C=C/COC(=O)C=C(C(=O)OCC)C(=O)OCC. The molecular weight excluding hydrogens is 252 g/mol. The van der Waals surface area contributed by atoms with Crippen LogP contribution < -0.4 is 0 Å². The van der Waals surface area contributed by atoms with Gasteiger partial charge in [0.25, 0.3) is 0 Å². The van der Waals surface area contributed by atoms with Crippen LogP contribution in [0, 0.1) is 0 Å². The molecule has 0 rings (SSSR count). The van der Waals surface area contributed by atoms with Gasteiger partial charge in [0.15, 0.2) is 5.57 Å². The molecule has 19 heavy (non-hydrogen) atoms. The zero-order valence-electron chi connectivity index (χ0n) is 11.3. The minimum absolute atomic E-state index is 0.0603. The van der Waals surface area contributed by atoms with Crippen molar-refractivity contribution >= 4 is 17.9 Å². The molecule has 0 aromatic carbocycles. The number of rotatable bonds is 7. The molecule has 0 aromatic heterocycles. The molecule has 0 atom stereocenters. The average Bonchev–Trinajstić information content (AvgIpc) is 2.36. The lowest BCUT2D eigenvalue weighted by atomic mass is 10.2. The Bertz CT molecular complexity index is 361. The summed E-state index contributed by atoms with van der Waals surface area (Å²) in [6.45, 7) is 5.18. The Balaban J connectivity index is 4.85. The van der Waals surface area contributed by atoms with E-state index in [9.17, 15) is 14.4 Å². The van der Waals surface area contributed by atoms with E-state index in [-0.39, 0.29) is 19.8 Å². The fraction of sp³-hybridized carbons (Fsp3) is 0.462. The summed E-state index contributed by atoms with van der Waals surface area (Å²) in [5.74, 6) is -2.64. The van der Waals surface area contributed by atoms with Gasteiger partial charge in [-0.3, -0.25) is 0 Å². The molecule has 0 amide bonds. The Morgan fingerprint density at radius 1 is 0.947 bits per heavy atom. The number of carbonyl (C=O) groups excluding carboxylic acids is 3. The standard InChI is InChI=1S/C13H18O6/c1-4-7-8-19-11(14)9-10(12(15)17-5-2)13(16)18-6-3/h4,7,9H,5-6,8H2,1-3H3/b7-4+. The summed E-state index contributed by atoms with van der Waals surface area (Å²) in [5, 5.41) is 0. The predicted octanol–water partition coefficient (Wildman–Crippen LogP) is 1.16. The van der Waals surface area contributed by atoms with E-state index in [1.807, 2.05) is 0 Å². The lowest BCUT2D eigenvalue weighted by molar-refractivity contribution is -0.148. The van der Waals surface area contributed by atoms with Gasteiger partial charge in [-0.05, 0) is 20.8 Å². The van der Waals surface area contributed by atoms with Gasteiger partial charge in [0.05, 0.1) is 13.2 Å². The minimum atomic E-state index is -0.913. The maximum Gasteiger partial charge on any atom is 0.345 e. The van der Waals surface area contributed by atoms with Gasteiger partial charge in [0, 0.05) is 6.08 Å². The van der Waals surface area contributed by atoms with Crippen molar-refractivity contribution in [2.45, 2.75) is 20.8 Å². The van der Waals surface area contributed by atoms with Crippen LogP contribution in [-0.4, -0.2) is 37.7 Å². The Morgan fingerprint density at radius 2 is 1.47 bits per heavy atom. The van der Waals surface area contributed by atoms with Gasteiger partial charge >= 0.3 is 17.9 Å². The van der Waals surface area contributed by atoms with Crippen LogP contribution in [-0.2, 0) is 28.6 Å². The minimum Gasteiger partial charge on any atom is -0.462 e. The quantitative estimate of drug-likeness (QED) is 0.172. The second-order valence-corrected chi connectivity index (χ2v) is 3.20. The summed E-state index contributed by atoms with van der Waals surface area (Å²) < 4.78 is 14.1. The third kappa shape index (κ3) is 7.03. The van der Waals surface area contributed by atoms with Gasteiger partial charge < -0.3 is 14.2 Å². The molecular formula is C13H18O6.